The van der Waals surface area contributed by atoms with Crippen LogP contribution >= 0.6 is 11.3 Å². The molecule has 2 rings (SSSR count). The van der Waals surface area contributed by atoms with Crippen molar-refractivity contribution in [2.45, 2.75) is 26.8 Å². The Labute approximate surface area is 105 Å². The monoisotopic (exact) mass is 248 g/mol. The molecule has 1 aromatic heterocycles. The Hall–Kier alpha value is -1.55. The number of phenols is 1. The molecule has 2 N–H and O–H groups in total. The summed E-state index contributed by atoms with van der Waals surface area (Å²) in [6, 6.07) is 7.33. The van der Waals surface area contributed by atoms with Crippen LogP contribution in [0, 0.1) is 13.8 Å². The minimum atomic E-state index is 0.228. The maximum absolute atomic E-state index is 9.22. The second-order valence-electron chi connectivity index (χ2n) is 4.10. The molecule has 3 nitrogen and oxygen atoms in total. The lowest BCUT2D eigenvalue weighted by molar-refractivity contribution is 0.475. The summed E-state index contributed by atoms with van der Waals surface area (Å²) in [6.45, 7) is 6.18. The van der Waals surface area contributed by atoms with Gasteiger partial charge in [-0.25, -0.2) is 4.98 Å². The van der Waals surface area contributed by atoms with E-state index in [1.807, 2.05) is 26.0 Å². The van der Waals surface area contributed by atoms with Crippen molar-refractivity contribution in [3.8, 4) is 5.75 Å². The van der Waals surface area contributed by atoms with E-state index in [-0.39, 0.29) is 11.8 Å². The van der Waals surface area contributed by atoms with Gasteiger partial charge in [-0.3, -0.25) is 0 Å². The average molecular weight is 248 g/mol. The number of anilines is 1. The van der Waals surface area contributed by atoms with Gasteiger partial charge in [-0.15, -0.1) is 11.3 Å². The molecule has 0 saturated carbocycles. The van der Waals surface area contributed by atoms with E-state index in [1.54, 1.807) is 23.5 Å². The number of benzene rings is 1. The number of nitrogens with zero attached hydrogens (tertiary/aromatic N) is 1. The van der Waals surface area contributed by atoms with Crippen LogP contribution in [0.25, 0.3) is 0 Å². The zero-order valence-corrected chi connectivity index (χ0v) is 11.0. The first kappa shape index (κ1) is 11.9. The predicted octanol–water partition coefficient (Wildman–Crippen LogP) is 3.64. The largest absolute Gasteiger partial charge is 0.508 e. The highest BCUT2D eigenvalue weighted by Crippen LogP contribution is 2.27. The first-order chi connectivity index (χ1) is 8.06. The first-order valence-corrected chi connectivity index (χ1v) is 6.37. The SMILES string of the molecule is Cc1nc(C)c(C(C)Nc2ccc(O)cc2)s1. The number of aryl methyl sites for hydroxylation is 2. The van der Waals surface area contributed by atoms with Crippen LogP contribution in [0.15, 0.2) is 24.3 Å². The van der Waals surface area contributed by atoms with E-state index >= 15 is 0 Å². The van der Waals surface area contributed by atoms with Gasteiger partial charge in [0.05, 0.1) is 16.7 Å². The fourth-order valence-electron chi connectivity index (χ4n) is 1.82. The number of hydrogen-bond acceptors (Lipinski definition) is 4. The molecule has 1 aromatic carbocycles. The summed E-state index contributed by atoms with van der Waals surface area (Å²) in [5.41, 5.74) is 2.09. The minimum absolute atomic E-state index is 0.228. The second-order valence-corrected chi connectivity index (χ2v) is 5.33. The smallest absolute Gasteiger partial charge is 0.115 e. The zero-order valence-electron chi connectivity index (χ0n) is 10.2. The van der Waals surface area contributed by atoms with E-state index in [9.17, 15) is 5.11 Å². The van der Waals surface area contributed by atoms with Crippen LogP contribution in [0.1, 0.15) is 28.5 Å². The topological polar surface area (TPSA) is 45.2 Å². The zero-order chi connectivity index (χ0) is 12.4. The third kappa shape index (κ3) is 2.77. The van der Waals surface area contributed by atoms with Crippen molar-refractivity contribution >= 4 is 17.0 Å². The summed E-state index contributed by atoms with van der Waals surface area (Å²) in [5, 5.41) is 13.7. The molecule has 17 heavy (non-hydrogen) atoms. The molecule has 0 aliphatic heterocycles. The Morgan fingerprint density at radius 1 is 1.24 bits per heavy atom. The molecule has 90 valence electrons. The Balaban J connectivity index is 2.14. The van der Waals surface area contributed by atoms with Gasteiger partial charge < -0.3 is 10.4 Å². The van der Waals surface area contributed by atoms with Crippen LogP contribution in [0.3, 0.4) is 0 Å². The molecule has 2 aromatic rings. The van der Waals surface area contributed by atoms with E-state index < -0.39 is 0 Å². The summed E-state index contributed by atoms with van der Waals surface area (Å²) in [6.07, 6.45) is 0. The molecule has 0 fully saturated rings. The van der Waals surface area contributed by atoms with Crippen LogP contribution in [-0.2, 0) is 0 Å². The fraction of sp³-hybridized carbons (Fsp3) is 0.308. The van der Waals surface area contributed by atoms with E-state index in [4.69, 9.17) is 0 Å². The molecule has 0 aliphatic rings. The average Bonchev–Trinajstić information content (AvgIpc) is 2.61. The maximum Gasteiger partial charge on any atom is 0.115 e. The Morgan fingerprint density at radius 2 is 1.88 bits per heavy atom. The molecule has 0 spiro atoms. The Kier molecular flexibility index (Phi) is 3.33. The van der Waals surface area contributed by atoms with Crippen LogP contribution in [-0.4, -0.2) is 10.1 Å². The molecular formula is C13H16N2OS. The van der Waals surface area contributed by atoms with Crippen LogP contribution in [0.5, 0.6) is 5.75 Å². The molecule has 4 heteroatoms. The maximum atomic E-state index is 9.22. The Morgan fingerprint density at radius 3 is 2.41 bits per heavy atom. The van der Waals surface area contributed by atoms with E-state index in [0.29, 0.717) is 0 Å². The van der Waals surface area contributed by atoms with Gasteiger partial charge >= 0.3 is 0 Å². The lowest BCUT2D eigenvalue weighted by Gasteiger charge is -2.14. The summed E-state index contributed by atoms with van der Waals surface area (Å²) in [7, 11) is 0. The molecule has 1 unspecified atom stereocenters. The van der Waals surface area contributed by atoms with E-state index in [2.05, 4.69) is 17.2 Å². The number of phenolic OH excluding ortho intramolecular Hbond substituents is 1. The normalized spacial score (nSPS) is 12.4. The van der Waals surface area contributed by atoms with E-state index in [0.717, 1.165) is 16.4 Å². The molecule has 1 heterocycles. The van der Waals surface area contributed by atoms with Crippen molar-refractivity contribution in [1.29, 1.82) is 0 Å². The number of nitrogens with one attached hydrogen (secondary N) is 1. The molecule has 0 saturated heterocycles. The standard InChI is InChI=1S/C13H16N2OS/c1-8-13(17-10(3)14-8)9(2)15-11-4-6-12(16)7-5-11/h4-7,9,15-16H,1-3H3. The van der Waals surface area contributed by atoms with E-state index in [1.165, 1.54) is 4.88 Å². The Bertz CT molecular complexity index is 505. The number of aromatic hydroxyl groups is 1. The molecule has 1 atom stereocenters. The van der Waals surface area contributed by atoms with Gasteiger partial charge in [-0.05, 0) is 45.0 Å². The predicted molar refractivity (Wildman–Crippen MR) is 71.7 cm³/mol. The van der Waals surface area contributed by atoms with Gasteiger partial charge in [-0.2, -0.15) is 0 Å². The van der Waals surface area contributed by atoms with Gasteiger partial charge in [0.2, 0.25) is 0 Å². The molecule has 0 radical (unpaired) electrons. The van der Waals surface area contributed by atoms with Gasteiger partial charge in [0.25, 0.3) is 0 Å². The van der Waals surface area contributed by atoms with Gasteiger partial charge in [0.15, 0.2) is 0 Å². The number of aromatic nitrogens is 1. The molecule has 0 bridgehead atoms. The minimum Gasteiger partial charge on any atom is -0.508 e. The fourth-order valence-corrected chi connectivity index (χ4v) is 2.75. The number of rotatable bonds is 3. The second kappa shape index (κ2) is 4.75. The highest BCUT2D eigenvalue weighted by Gasteiger charge is 2.12. The lowest BCUT2D eigenvalue weighted by Crippen LogP contribution is -2.05. The van der Waals surface area contributed by atoms with Crippen molar-refractivity contribution in [3.05, 3.63) is 39.8 Å². The van der Waals surface area contributed by atoms with Gasteiger partial charge in [-0.1, -0.05) is 0 Å². The summed E-state index contributed by atoms with van der Waals surface area (Å²) in [5.74, 6) is 0.285. The molecule has 0 aliphatic carbocycles. The van der Waals surface area contributed by atoms with Crippen molar-refractivity contribution < 1.29 is 5.11 Å². The third-order valence-corrected chi connectivity index (χ3v) is 3.84. The van der Waals surface area contributed by atoms with Crippen molar-refractivity contribution in [2.24, 2.45) is 0 Å². The first-order valence-electron chi connectivity index (χ1n) is 5.56. The van der Waals surface area contributed by atoms with Crippen molar-refractivity contribution in [2.75, 3.05) is 5.32 Å². The summed E-state index contributed by atoms with van der Waals surface area (Å²) < 4.78 is 0. The summed E-state index contributed by atoms with van der Waals surface area (Å²) >= 11 is 1.72. The molecular weight excluding hydrogens is 232 g/mol. The highest BCUT2D eigenvalue weighted by molar-refractivity contribution is 7.11. The van der Waals surface area contributed by atoms with Crippen molar-refractivity contribution in [1.82, 2.24) is 4.98 Å². The lowest BCUT2D eigenvalue weighted by atomic mass is 10.2. The van der Waals surface area contributed by atoms with Crippen molar-refractivity contribution in [3.63, 3.8) is 0 Å². The number of thiazole rings is 1. The third-order valence-electron chi connectivity index (χ3n) is 2.58. The number of hydrogen-bond donors (Lipinski definition) is 2. The van der Waals surface area contributed by atoms with Gasteiger partial charge in [0, 0.05) is 10.6 Å². The van der Waals surface area contributed by atoms with Crippen LogP contribution in [0.4, 0.5) is 5.69 Å². The quantitative estimate of drug-likeness (QED) is 0.815. The van der Waals surface area contributed by atoms with Crippen LogP contribution in [0.2, 0.25) is 0 Å². The molecule has 0 amide bonds. The summed E-state index contributed by atoms with van der Waals surface area (Å²) in [4.78, 5) is 5.69. The highest BCUT2D eigenvalue weighted by atomic mass is 32.1. The van der Waals surface area contributed by atoms with Gasteiger partial charge in [0.1, 0.15) is 5.75 Å². The van der Waals surface area contributed by atoms with Crippen LogP contribution < -0.4 is 5.32 Å².